The van der Waals surface area contributed by atoms with Crippen LogP contribution >= 0.6 is 0 Å². The molecule has 2 aliphatic rings. The number of aromatic nitrogens is 3. The lowest BCUT2D eigenvalue weighted by atomic mass is 9.86. The van der Waals surface area contributed by atoms with Crippen LogP contribution in [0.1, 0.15) is 54.9 Å². The number of carbonyl (C=O) groups excluding carboxylic acids is 4. The molecule has 0 saturated carbocycles. The molecule has 1 aromatic heterocycles. The Morgan fingerprint density at radius 3 is 2.63 bits per heavy atom. The van der Waals surface area contributed by atoms with Gasteiger partial charge in [-0.1, -0.05) is 17.3 Å². The number of ether oxygens (including phenoxy) is 1. The third-order valence-corrected chi connectivity index (χ3v) is 7.42. The van der Waals surface area contributed by atoms with E-state index in [9.17, 15) is 23.6 Å². The molecular formula is C26H33FN6O5. The molecule has 204 valence electrons. The first kappa shape index (κ1) is 27.4. The summed E-state index contributed by atoms with van der Waals surface area (Å²) in [5, 5.41) is 8.26. The van der Waals surface area contributed by atoms with Crippen LogP contribution in [0.15, 0.2) is 24.3 Å². The van der Waals surface area contributed by atoms with Crippen molar-refractivity contribution in [2.45, 2.75) is 58.2 Å². The molecule has 38 heavy (non-hydrogen) atoms. The fourth-order valence-electron chi connectivity index (χ4n) is 5.53. The van der Waals surface area contributed by atoms with Gasteiger partial charge in [-0.25, -0.2) is 9.07 Å². The van der Waals surface area contributed by atoms with Crippen LogP contribution in [0.3, 0.4) is 0 Å². The number of rotatable bonds is 10. The molecule has 0 aliphatic carbocycles. The summed E-state index contributed by atoms with van der Waals surface area (Å²) in [5.74, 6) is -2.87. The highest BCUT2D eigenvalue weighted by Gasteiger charge is 2.53. The molecule has 12 heteroatoms. The normalized spacial score (nSPS) is 18.2. The van der Waals surface area contributed by atoms with Crippen LogP contribution in [0.5, 0.6) is 0 Å². The minimum absolute atomic E-state index is 0.114. The zero-order valence-corrected chi connectivity index (χ0v) is 21.9. The van der Waals surface area contributed by atoms with Crippen molar-refractivity contribution in [3.05, 3.63) is 47.0 Å². The van der Waals surface area contributed by atoms with Gasteiger partial charge < -0.3 is 15.4 Å². The maximum Gasteiger partial charge on any atom is 0.302 e. The van der Waals surface area contributed by atoms with Gasteiger partial charge in [-0.2, -0.15) is 0 Å². The second-order valence-electron chi connectivity index (χ2n) is 10.3. The largest absolute Gasteiger partial charge is 0.462 e. The van der Waals surface area contributed by atoms with Gasteiger partial charge in [-0.05, 0) is 44.4 Å². The van der Waals surface area contributed by atoms with E-state index in [2.05, 4.69) is 10.3 Å². The number of hydrogen-bond acceptors (Lipinski definition) is 8. The number of nitrogens with zero attached hydrogens (tertiary/aromatic N) is 5. The lowest BCUT2D eigenvalue weighted by molar-refractivity contribution is -0.151. The number of hydrogen-bond donors (Lipinski definition) is 1. The van der Waals surface area contributed by atoms with E-state index in [-0.39, 0.29) is 41.7 Å². The van der Waals surface area contributed by atoms with Gasteiger partial charge in [0.25, 0.3) is 5.91 Å². The monoisotopic (exact) mass is 528 g/mol. The van der Waals surface area contributed by atoms with Crippen LogP contribution in [0.4, 0.5) is 4.39 Å². The molecule has 11 nitrogen and oxygen atoms in total. The van der Waals surface area contributed by atoms with E-state index in [1.165, 1.54) is 19.1 Å². The lowest BCUT2D eigenvalue weighted by Gasteiger charge is -2.52. The Kier molecular flexibility index (Phi) is 7.91. The predicted molar refractivity (Wildman–Crippen MR) is 133 cm³/mol. The quantitative estimate of drug-likeness (QED) is 0.452. The topological polar surface area (TPSA) is 141 Å². The maximum atomic E-state index is 13.6. The number of esters is 1. The van der Waals surface area contributed by atoms with Crippen LogP contribution in [-0.2, 0) is 25.7 Å². The second-order valence-corrected chi connectivity index (χ2v) is 10.3. The van der Waals surface area contributed by atoms with Crippen LogP contribution < -0.4 is 5.73 Å². The zero-order valence-electron chi connectivity index (χ0n) is 21.9. The minimum atomic E-state index is -0.899. The summed E-state index contributed by atoms with van der Waals surface area (Å²) in [4.78, 5) is 53.0. The van der Waals surface area contributed by atoms with Gasteiger partial charge in [0.2, 0.25) is 5.91 Å². The molecule has 4 rings (SSSR count). The molecule has 3 heterocycles. The number of amides is 2. The number of primary amides is 1. The fraction of sp³-hybridized carbons (Fsp3) is 0.538. The molecule has 2 aromatic rings. The Labute approximate surface area is 220 Å². The van der Waals surface area contributed by atoms with Gasteiger partial charge >= 0.3 is 5.97 Å². The molecule has 1 spiro atoms. The van der Waals surface area contributed by atoms with Gasteiger partial charge in [-0.15, -0.1) is 5.10 Å². The summed E-state index contributed by atoms with van der Waals surface area (Å²) in [6, 6.07) is 6.20. The van der Waals surface area contributed by atoms with Crippen LogP contribution in [0.2, 0.25) is 0 Å². The Morgan fingerprint density at radius 1 is 1.24 bits per heavy atom. The molecule has 2 aliphatic heterocycles. The number of Topliss-reactive ketones (excluding diaryl/α,β-unsaturated/α-hetero) is 1. The summed E-state index contributed by atoms with van der Waals surface area (Å²) in [6.45, 7) is 6.60. The van der Waals surface area contributed by atoms with Gasteiger partial charge in [-0.3, -0.25) is 24.1 Å². The van der Waals surface area contributed by atoms with E-state index >= 15 is 0 Å². The first-order valence-electron chi connectivity index (χ1n) is 12.7. The van der Waals surface area contributed by atoms with Crippen molar-refractivity contribution < 1.29 is 28.3 Å². The van der Waals surface area contributed by atoms with Crippen molar-refractivity contribution in [2.24, 2.45) is 11.7 Å². The van der Waals surface area contributed by atoms with Crippen LogP contribution in [0, 0.1) is 18.7 Å². The summed E-state index contributed by atoms with van der Waals surface area (Å²) in [7, 11) is 0. The number of nitrogens with two attached hydrogens (primary N) is 1. The van der Waals surface area contributed by atoms with Crippen molar-refractivity contribution in [2.75, 3.05) is 26.2 Å². The first-order chi connectivity index (χ1) is 18.0. The van der Waals surface area contributed by atoms with E-state index in [1.807, 2.05) is 9.80 Å². The van der Waals surface area contributed by atoms with Crippen molar-refractivity contribution in [1.29, 1.82) is 0 Å². The summed E-state index contributed by atoms with van der Waals surface area (Å²) in [6.07, 6.45) is 0.738. The molecule has 0 bridgehead atoms. The summed E-state index contributed by atoms with van der Waals surface area (Å²) in [5.41, 5.74) is 6.64. The average molecular weight is 529 g/mol. The molecule has 0 radical (unpaired) electrons. The molecule has 2 saturated heterocycles. The molecule has 1 aromatic carbocycles. The minimum Gasteiger partial charge on any atom is -0.462 e. The highest BCUT2D eigenvalue weighted by molar-refractivity contribution is 5.94. The van der Waals surface area contributed by atoms with Gasteiger partial charge in [0, 0.05) is 33.0 Å². The van der Waals surface area contributed by atoms with E-state index in [0.29, 0.717) is 31.9 Å². The average Bonchev–Trinajstić information content (AvgIpc) is 3.40. The number of likely N-dealkylation sites (tertiary alicyclic amines) is 2. The number of benzene rings is 1. The number of halogens is 1. The predicted octanol–water partition coefficient (Wildman–Crippen LogP) is 1.08. The molecular weight excluding hydrogens is 495 g/mol. The highest BCUT2D eigenvalue weighted by Crippen LogP contribution is 2.38. The van der Waals surface area contributed by atoms with Crippen LogP contribution in [-0.4, -0.2) is 86.2 Å². The molecule has 2 atom stereocenters. The molecule has 2 fully saturated rings. The lowest BCUT2D eigenvalue weighted by Crippen LogP contribution is -2.69. The van der Waals surface area contributed by atoms with Crippen LogP contribution in [0.25, 0.3) is 0 Å². The van der Waals surface area contributed by atoms with E-state index < -0.39 is 23.9 Å². The van der Waals surface area contributed by atoms with E-state index in [0.717, 1.165) is 18.4 Å². The van der Waals surface area contributed by atoms with Crippen molar-refractivity contribution in [1.82, 2.24) is 24.8 Å². The SMILES string of the molecule is CC(=O)O[C@H](C)[C@H](CC(=O)CN1CC2(CCCN2C(=O)c2nnn(Cc3cccc(F)c3)c2C)C1)C(N)=O. The molecule has 2 N–H and O–H groups in total. The maximum absolute atomic E-state index is 13.6. The molecule has 2 amide bonds. The molecule has 0 unspecified atom stereocenters. The fourth-order valence-corrected chi connectivity index (χ4v) is 5.53. The third-order valence-electron chi connectivity index (χ3n) is 7.42. The Morgan fingerprint density at radius 2 is 1.97 bits per heavy atom. The second kappa shape index (κ2) is 11.0. The third kappa shape index (κ3) is 5.74. The van der Waals surface area contributed by atoms with Crippen molar-refractivity contribution >= 4 is 23.6 Å². The van der Waals surface area contributed by atoms with E-state index in [1.54, 1.807) is 30.7 Å². The summed E-state index contributed by atoms with van der Waals surface area (Å²) >= 11 is 0. The smallest absolute Gasteiger partial charge is 0.302 e. The Hall–Kier alpha value is -3.67. The Balaban J connectivity index is 1.36. The van der Waals surface area contributed by atoms with Crippen molar-refractivity contribution in [3.63, 3.8) is 0 Å². The highest BCUT2D eigenvalue weighted by atomic mass is 19.1. The standard InChI is InChI=1S/C26H33FN6O5/c1-16-23(29-30-33(16)12-19-6-4-7-20(27)10-19)25(37)32-9-5-8-26(32)14-31(15-26)13-21(35)11-22(24(28)36)17(2)38-18(3)34/h4,6-7,10,17,22H,5,8-9,11-15H2,1-3H3,(H2,28,36)/t17-,22+/m1/s1. The summed E-state index contributed by atoms with van der Waals surface area (Å²) < 4.78 is 20.2. The number of carbonyl (C=O) groups is 4. The van der Waals surface area contributed by atoms with Gasteiger partial charge in [0.15, 0.2) is 5.69 Å². The van der Waals surface area contributed by atoms with E-state index in [4.69, 9.17) is 10.5 Å². The van der Waals surface area contributed by atoms with Gasteiger partial charge in [0.05, 0.1) is 30.2 Å². The van der Waals surface area contributed by atoms with Gasteiger partial charge in [0.1, 0.15) is 17.7 Å². The first-order valence-corrected chi connectivity index (χ1v) is 12.7. The van der Waals surface area contributed by atoms with Crippen molar-refractivity contribution in [3.8, 4) is 0 Å². The Bertz CT molecular complexity index is 1240. The zero-order chi connectivity index (χ0) is 27.6. The number of ketones is 1.